The van der Waals surface area contributed by atoms with Crippen molar-refractivity contribution in [2.45, 2.75) is 25.9 Å². The number of alkyl halides is 3. The molecule has 144 valence electrons. The molecule has 0 aliphatic carbocycles. The van der Waals surface area contributed by atoms with Gasteiger partial charge in [0.1, 0.15) is 0 Å². The molecule has 0 radical (unpaired) electrons. The number of halogens is 3. The molecule has 0 aliphatic heterocycles. The molecule has 26 heavy (non-hydrogen) atoms. The van der Waals surface area contributed by atoms with Crippen molar-refractivity contribution in [1.82, 2.24) is 0 Å². The molecule has 1 aromatic rings. The number of benzene rings is 1. The van der Waals surface area contributed by atoms with E-state index in [0.29, 0.717) is 0 Å². The predicted octanol–water partition coefficient (Wildman–Crippen LogP) is 2.81. The molecule has 0 heterocycles. The lowest BCUT2D eigenvalue weighted by Crippen LogP contribution is -2.36. The van der Waals surface area contributed by atoms with Gasteiger partial charge in [-0.25, -0.2) is 0 Å². The van der Waals surface area contributed by atoms with Gasteiger partial charge in [-0.15, -0.1) is 0 Å². The molecule has 1 aromatic carbocycles. The second kappa shape index (κ2) is 9.16. The van der Waals surface area contributed by atoms with E-state index in [1.54, 1.807) is 0 Å². The highest BCUT2D eigenvalue weighted by Gasteiger charge is 2.41. The van der Waals surface area contributed by atoms with Gasteiger partial charge in [-0.05, 0) is 31.5 Å². The molecular weight excluding hydrogens is 359 g/mol. The number of carbonyl (C=O) groups is 2. The summed E-state index contributed by atoms with van der Waals surface area (Å²) in [4.78, 5) is 34.6. The minimum atomic E-state index is -4.58. The SMILES string of the molecule is CCOC(=O)C(C(=O)OCC)[C@H](C[N+](=O)[O-])c1ccc(C(F)(F)F)cc1. The number of nitrogens with zero attached hydrogens (tertiary/aromatic N) is 1. The summed E-state index contributed by atoms with van der Waals surface area (Å²) in [7, 11) is 0. The van der Waals surface area contributed by atoms with Crippen molar-refractivity contribution in [3.8, 4) is 0 Å². The summed E-state index contributed by atoms with van der Waals surface area (Å²) in [6, 6.07) is 3.47. The number of hydrogen-bond acceptors (Lipinski definition) is 6. The molecule has 0 spiro atoms. The van der Waals surface area contributed by atoms with E-state index in [-0.39, 0.29) is 18.8 Å². The average molecular weight is 377 g/mol. The zero-order chi connectivity index (χ0) is 19.9. The van der Waals surface area contributed by atoms with Gasteiger partial charge in [0.25, 0.3) is 0 Å². The first-order valence-electron chi connectivity index (χ1n) is 7.74. The van der Waals surface area contributed by atoms with Gasteiger partial charge in [-0.1, -0.05) is 12.1 Å². The number of rotatable bonds is 8. The molecule has 0 amide bonds. The number of carbonyl (C=O) groups excluding carboxylic acids is 2. The topological polar surface area (TPSA) is 95.7 Å². The monoisotopic (exact) mass is 377 g/mol. The van der Waals surface area contributed by atoms with Crippen LogP contribution in [0, 0.1) is 16.0 Å². The first-order chi connectivity index (χ1) is 12.1. The van der Waals surface area contributed by atoms with Crippen LogP contribution in [0.3, 0.4) is 0 Å². The molecule has 10 heteroatoms. The van der Waals surface area contributed by atoms with Crippen LogP contribution < -0.4 is 0 Å². The predicted molar refractivity (Wildman–Crippen MR) is 82.8 cm³/mol. The van der Waals surface area contributed by atoms with Crippen molar-refractivity contribution in [2.24, 2.45) is 5.92 Å². The van der Waals surface area contributed by atoms with E-state index in [9.17, 15) is 32.9 Å². The molecule has 0 aliphatic rings. The molecule has 1 atom stereocenters. The van der Waals surface area contributed by atoms with Gasteiger partial charge in [0.2, 0.25) is 6.54 Å². The second-order valence-corrected chi connectivity index (χ2v) is 5.22. The molecule has 0 bridgehead atoms. The molecule has 0 aromatic heterocycles. The fourth-order valence-electron chi connectivity index (χ4n) is 2.37. The van der Waals surface area contributed by atoms with E-state index < -0.39 is 47.0 Å². The third kappa shape index (κ3) is 5.71. The lowest BCUT2D eigenvalue weighted by Gasteiger charge is -2.22. The van der Waals surface area contributed by atoms with Crippen molar-refractivity contribution < 1.29 is 37.2 Å². The lowest BCUT2D eigenvalue weighted by atomic mass is 9.85. The molecule has 0 saturated carbocycles. The Hall–Kier alpha value is -2.65. The number of nitro groups is 1. The summed E-state index contributed by atoms with van der Waals surface area (Å²) in [5.41, 5.74) is -0.925. The quantitative estimate of drug-likeness (QED) is 0.299. The van der Waals surface area contributed by atoms with Crippen LogP contribution in [-0.4, -0.2) is 36.6 Å². The zero-order valence-corrected chi connectivity index (χ0v) is 14.1. The summed E-state index contributed by atoms with van der Waals surface area (Å²) < 4.78 is 47.7. The van der Waals surface area contributed by atoms with E-state index >= 15 is 0 Å². The van der Waals surface area contributed by atoms with Gasteiger partial charge in [0, 0.05) is 4.92 Å². The van der Waals surface area contributed by atoms with Crippen LogP contribution in [0.4, 0.5) is 13.2 Å². The summed E-state index contributed by atoms with van der Waals surface area (Å²) in [5.74, 6) is -5.04. The highest BCUT2D eigenvalue weighted by atomic mass is 19.4. The summed E-state index contributed by atoms with van der Waals surface area (Å²) in [5, 5.41) is 11.0. The van der Waals surface area contributed by atoms with E-state index in [2.05, 4.69) is 0 Å². The van der Waals surface area contributed by atoms with Crippen LogP contribution >= 0.6 is 0 Å². The maximum absolute atomic E-state index is 12.7. The van der Waals surface area contributed by atoms with Crippen molar-refractivity contribution in [3.63, 3.8) is 0 Å². The Morgan fingerprint density at radius 2 is 1.54 bits per heavy atom. The molecule has 7 nitrogen and oxygen atoms in total. The molecular formula is C16H18F3NO6. The van der Waals surface area contributed by atoms with E-state index in [4.69, 9.17) is 9.47 Å². The van der Waals surface area contributed by atoms with Gasteiger partial charge >= 0.3 is 18.1 Å². The van der Waals surface area contributed by atoms with E-state index in [0.717, 1.165) is 24.3 Å². The second-order valence-electron chi connectivity index (χ2n) is 5.22. The fourth-order valence-corrected chi connectivity index (χ4v) is 2.37. The Morgan fingerprint density at radius 1 is 1.08 bits per heavy atom. The van der Waals surface area contributed by atoms with Crippen LogP contribution in [0.25, 0.3) is 0 Å². The van der Waals surface area contributed by atoms with E-state index in [1.165, 1.54) is 13.8 Å². The Morgan fingerprint density at radius 3 is 1.88 bits per heavy atom. The first-order valence-corrected chi connectivity index (χ1v) is 7.74. The van der Waals surface area contributed by atoms with Gasteiger partial charge < -0.3 is 9.47 Å². The number of ether oxygens (including phenoxy) is 2. The Kier molecular flexibility index (Phi) is 7.54. The molecule has 0 unspecified atom stereocenters. The highest BCUT2D eigenvalue weighted by Crippen LogP contribution is 2.33. The Labute approximate surface area is 147 Å². The minimum Gasteiger partial charge on any atom is -0.465 e. The van der Waals surface area contributed by atoms with Crippen LogP contribution in [0.2, 0.25) is 0 Å². The zero-order valence-electron chi connectivity index (χ0n) is 14.1. The van der Waals surface area contributed by atoms with Crippen molar-refractivity contribution in [3.05, 3.63) is 45.5 Å². The average Bonchev–Trinajstić information content (AvgIpc) is 2.53. The van der Waals surface area contributed by atoms with Crippen molar-refractivity contribution in [1.29, 1.82) is 0 Å². The first kappa shape index (κ1) is 21.4. The third-order valence-electron chi connectivity index (χ3n) is 3.50. The van der Waals surface area contributed by atoms with Gasteiger partial charge in [0.05, 0.1) is 24.7 Å². The molecule has 0 fully saturated rings. The van der Waals surface area contributed by atoms with Crippen LogP contribution in [0.5, 0.6) is 0 Å². The summed E-state index contributed by atoms with van der Waals surface area (Å²) >= 11 is 0. The lowest BCUT2D eigenvalue weighted by molar-refractivity contribution is -0.484. The number of esters is 2. The normalized spacial score (nSPS) is 12.5. The summed E-state index contributed by atoms with van der Waals surface area (Å²) in [6.07, 6.45) is -4.58. The van der Waals surface area contributed by atoms with Crippen molar-refractivity contribution >= 4 is 11.9 Å². The number of hydrogen-bond donors (Lipinski definition) is 0. The van der Waals surface area contributed by atoms with Crippen LogP contribution in [-0.2, 0) is 25.2 Å². The van der Waals surface area contributed by atoms with Gasteiger partial charge in [-0.3, -0.25) is 19.7 Å². The summed E-state index contributed by atoms with van der Waals surface area (Å²) in [6.45, 7) is 1.97. The third-order valence-corrected chi connectivity index (χ3v) is 3.50. The minimum absolute atomic E-state index is 0.0285. The van der Waals surface area contributed by atoms with Crippen LogP contribution in [0.15, 0.2) is 24.3 Å². The molecule has 1 rings (SSSR count). The van der Waals surface area contributed by atoms with E-state index in [1.807, 2.05) is 0 Å². The highest BCUT2D eigenvalue weighted by molar-refractivity contribution is 5.96. The van der Waals surface area contributed by atoms with Gasteiger partial charge in [-0.2, -0.15) is 13.2 Å². The van der Waals surface area contributed by atoms with Gasteiger partial charge in [0.15, 0.2) is 5.92 Å². The molecule has 0 saturated heterocycles. The fraction of sp³-hybridized carbons (Fsp3) is 0.500. The maximum Gasteiger partial charge on any atom is 0.416 e. The maximum atomic E-state index is 12.7. The smallest absolute Gasteiger partial charge is 0.416 e. The standard InChI is InChI=1S/C16H18F3NO6/c1-3-25-14(21)13(15(22)26-4-2)12(9-20(23)24)10-5-7-11(8-6-10)16(17,18)19/h5-8,12-13H,3-4,9H2,1-2H3/t12-/m1/s1. The van der Waals surface area contributed by atoms with Crippen molar-refractivity contribution in [2.75, 3.05) is 19.8 Å². The Bertz CT molecular complexity index is 626. The molecule has 0 N–H and O–H groups in total. The largest absolute Gasteiger partial charge is 0.465 e. The van der Waals surface area contributed by atoms with Crippen LogP contribution in [0.1, 0.15) is 30.9 Å². The Balaban J connectivity index is 3.32.